The van der Waals surface area contributed by atoms with Crippen molar-refractivity contribution in [3.8, 4) is 0 Å². The second kappa shape index (κ2) is 5.76. The van der Waals surface area contributed by atoms with E-state index in [-0.39, 0.29) is 11.9 Å². The summed E-state index contributed by atoms with van der Waals surface area (Å²) in [6, 6.07) is 5.84. The smallest absolute Gasteiger partial charge is 0.253 e. The van der Waals surface area contributed by atoms with Gasteiger partial charge in [-0.2, -0.15) is 0 Å². The second-order valence-corrected chi connectivity index (χ2v) is 5.03. The summed E-state index contributed by atoms with van der Waals surface area (Å²) in [4.78, 5) is 17.0. The third-order valence-corrected chi connectivity index (χ3v) is 3.72. The van der Waals surface area contributed by atoms with Crippen LogP contribution in [0.4, 0.5) is 0 Å². The molecule has 0 unspecified atom stereocenters. The zero-order valence-corrected chi connectivity index (χ0v) is 11.3. The minimum Gasteiger partial charge on any atom is -0.339 e. The fourth-order valence-corrected chi connectivity index (χ4v) is 2.31. The molecule has 0 saturated carbocycles. The number of rotatable bonds is 2. The molecule has 1 saturated heterocycles. The van der Waals surface area contributed by atoms with Crippen molar-refractivity contribution in [2.45, 2.75) is 32.7 Å². The number of carbonyl (C=O) groups is 1. The fraction of sp³-hybridized carbons (Fsp3) is 0.500. The van der Waals surface area contributed by atoms with Gasteiger partial charge >= 0.3 is 0 Å². The average molecular weight is 258 g/mol. The number of benzene rings is 1. The maximum Gasteiger partial charge on any atom is 0.253 e. The van der Waals surface area contributed by atoms with Gasteiger partial charge in [-0.25, -0.2) is 0 Å². The molecule has 0 bridgehead atoms. The quantitative estimate of drug-likeness (QED) is 0.456. The van der Waals surface area contributed by atoms with Gasteiger partial charge in [0.25, 0.3) is 5.91 Å². The average Bonchev–Trinajstić information content (AvgIpc) is 2.42. The third-order valence-electron chi connectivity index (χ3n) is 3.72. The van der Waals surface area contributed by atoms with Crippen LogP contribution in [0, 0.1) is 13.8 Å². The van der Waals surface area contributed by atoms with Gasteiger partial charge in [0.1, 0.15) is 0 Å². The molecule has 1 aromatic carbocycles. The van der Waals surface area contributed by atoms with Gasteiger partial charge in [0.05, 0.1) is 0 Å². The van der Waals surface area contributed by atoms with E-state index in [1.165, 1.54) is 5.56 Å². The largest absolute Gasteiger partial charge is 0.339 e. The van der Waals surface area contributed by atoms with Crippen LogP contribution in [0.5, 0.6) is 0 Å². The summed E-state index contributed by atoms with van der Waals surface area (Å²) in [6.07, 6.45) is 1.50. The molecule has 0 radical (unpaired) electrons. The van der Waals surface area contributed by atoms with E-state index in [1.54, 1.807) is 0 Å². The van der Waals surface area contributed by atoms with Crippen molar-refractivity contribution in [2.24, 2.45) is 5.11 Å². The van der Waals surface area contributed by atoms with Crippen LogP contribution in [0.15, 0.2) is 23.3 Å². The lowest BCUT2D eigenvalue weighted by Crippen LogP contribution is -2.39. The predicted molar refractivity (Wildman–Crippen MR) is 74.0 cm³/mol. The number of carbonyl (C=O) groups excluding carboxylic acids is 1. The molecule has 5 heteroatoms. The number of piperidine rings is 1. The monoisotopic (exact) mass is 258 g/mol. The number of nitrogens with zero attached hydrogens (tertiary/aromatic N) is 4. The first-order valence-electron chi connectivity index (χ1n) is 6.52. The van der Waals surface area contributed by atoms with Crippen LogP contribution in [-0.2, 0) is 0 Å². The first kappa shape index (κ1) is 13.4. The molecule has 2 rings (SSSR count). The second-order valence-electron chi connectivity index (χ2n) is 5.03. The van der Waals surface area contributed by atoms with Gasteiger partial charge in [0.2, 0.25) is 0 Å². The van der Waals surface area contributed by atoms with E-state index in [2.05, 4.69) is 10.0 Å². The molecule has 1 fully saturated rings. The molecule has 0 aromatic heterocycles. The molecule has 1 aliphatic heterocycles. The molecule has 5 nitrogen and oxygen atoms in total. The summed E-state index contributed by atoms with van der Waals surface area (Å²) in [5.41, 5.74) is 11.5. The minimum atomic E-state index is 0.0359. The molecule has 19 heavy (non-hydrogen) atoms. The highest BCUT2D eigenvalue weighted by Crippen LogP contribution is 2.18. The highest BCUT2D eigenvalue weighted by molar-refractivity contribution is 5.94. The summed E-state index contributed by atoms with van der Waals surface area (Å²) in [6.45, 7) is 5.37. The zero-order valence-electron chi connectivity index (χ0n) is 11.3. The topological polar surface area (TPSA) is 69.1 Å². The summed E-state index contributed by atoms with van der Waals surface area (Å²) >= 11 is 0. The van der Waals surface area contributed by atoms with E-state index in [0.29, 0.717) is 13.1 Å². The summed E-state index contributed by atoms with van der Waals surface area (Å²) in [5.74, 6) is 0.0717. The molecule has 0 N–H and O–H groups in total. The lowest BCUT2D eigenvalue weighted by molar-refractivity contribution is 0.0714. The van der Waals surface area contributed by atoms with E-state index in [1.807, 2.05) is 36.9 Å². The SMILES string of the molecule is Cc1ccc(C(=O)N2CCC(N=[N+]=[N-])CC2)cc1C. The Hall–Kier alpha value is -2.00. The van der Waals surface area contributed by atoms with Gasteiger partial charge in [-0.1, -0.05) is 11.2 Å². The Labute approximate surface area is 112 Å². The van der Waals surface area contributed by atoms with Crippen LogP contribution in [-0.4, -0.2) is 29.9 Å². The van der Waals surface area contributed by atoms with Crippen molar-refractivity contribution in [3.05, 3.63) is 45.3 Å². The maximum absolute atomic E-state index is 12.4. The lowest BCUT2D eigenvalue weighted by Gasteiger charge is -2.30. The molecule has 0 aliphatic carbocycles. The van der Waals surface area contributed by atoms with Crippen LogP contribution < -0.4 is 0 Å². The molecule has 100 valence electrons. The van der Waals surface area contributed by atoms with Crippen LogP contribution in [0.3, 0.4) is 0 Å². The van der Waals surface area contributed by atoms with Gasteiger partial charge in [-0.05, 0) is 55.5 Å². The summed E-state index contributed by atoms with van der Waals surface area (Å²) < 4.78 is 0. The number of aryl methyl sites for hydroxylation is 2. The minimum absolute atomic E-state index is 0.0359. The Balaban J connectivity index is 2.05. The number of hydrogen-bond donors (Lipinski definition) is 0. The Morgan fingerprint density at radius 1 is 1.32 bits per heavy atom. The number of hydrogen-bond acceptors (Lipinski definition) is 2. The number of amides is 1. The van der Waals surface area contributed by atoms with E-state index in [9.17, 15) is 4.79 Å². The van der Waals surface area contributed by atoms with Gasteiger partial charge < -0.3 is 4.90 Å². The van der Waals surface area contributed by atoms with Crippen molar-refractivity contribution in [1.29, 1.82) is 0 Å². The van der Waals surface area contributed by atoms with Crippen LogP contribution >= 0.6 is 0 Å². The lowest BCUT2D eigenvalue weighted by atomic mass is 10.0. The maximum atomic E-state index is 12.4. The van der Waals surface area contributed by atoms with Gasteiger partial charge in [0, 0.05) is 29.6 Å². The third kappa shape index (κ3) is 3.06. The standard InChI is InChI=1S/C14H18N4O/c1-10-3-4-12(9-11(10)2)14(19)18-7-5-13(6-8-18)16-17-15/h3-4,9,13H,5-8H2,1-2H3. The highest BCUT2D eigenvalue weighted by Gasteiger charge is 2.22. The van der Waals surface area contributed by atoms with Gasteiger partial charge in [0.15, 0.2) is 0 Å². The van der Waals surface area contributed by atoms with E-state index < -0.39 is 0 Å². The first-order valence-corrected chi connectivity index (χ1v) is 6.52. The molecule has 0 atom stereocenters. The summed E-state index contributed by atoms with van der Waals surface area (Å²) in [5, 5.41) is 3.72. The number of azide groups is 1. The van der Waals surface area contributed by atoms with Crippen molar-refractivity contribution >= 4 is 5.91 Å². The van der Waals surface area contributed by atoms with Crippen LogP contribution in [0.2, 0.25) is 0 Å². The van der Waals surface area contributed by atoms with E-state index in [4.69, 9.17) is 5.53 Å². The zero-order chi connectivity index (χ0) is 13.8. The Morgan fingerprint density at radius 2 is 2.00 bits per heavy atom. The van der Waals surface area contributed by atoms with Crippen LogP contribution in [0.1, 0.15) is 34.3 Å². The van der Waals surface area contributed by atoms with Crippen molar-refractivity contribution in [2.75, 3.05) is 13.1 Å². The molecule has 1 aliphatic rings. The molecular formula is C14H18N4O. The van der Waals surface area contributed by atoms with Gasteiger partial charge in [-0.3, -0.25) is 4.79 Å². The predicted octanol–water partition coefficient (Wildman–Crippen LogP) is 3.22. The number of likely N-dealkylation sites (tertiary alicyclic amines) is 1. The van der Waals surface area contributed by atoms with Crippen LogP contribution in [0.25, 0.3) is 10.4 Å². The van der Waals surface area contributed by atoms with Crippen molar-refractivity contribution in [3.63, 3.8) is 0 Å². The molecule has 1 heterocycles. The van der Waals surface area contributed by atoms with Crippen molar-refractivity contribution in [1.82, 2.24) is 4.90 Å². The highest BCUT2D eigenvalue weighted by atomic mass is 16.2. The van der Waals surface area contributed by atoms with Crippen molar-refractivity contribution < 1.29 is 4.79 Å². The Morgan fingerprint density at radius 3 is 2.58 bits per heavy atom. The molecule has 1 amide bonds. The van der Waals surface area contributed by atoms with Gasteiger partial charge in [-0.15, -0.1) is 0 Å². The Bertz CT molecular complexity index is 526. The molecular weight excluding hydrogens is 240 g/mol. The molecule has 1 aromatic rings. The first-order chi connectivity index (χ1) is 9.11. The normalized spacial score (nSPS) is 16.0. The van der Waals surface area contributed by atoms with E-state index >= 15 is 0 Å². The van der Waals surface area contributed by atoms with E-state index in [0.717, 1.165) is 24.0 Å². The Kier molecular flexibility index (Phi) is 4.07. The fourth-order valence-electron chi connectivity index (χ4n) is 2.31. The molecule has 0 spiro atoms. The summed E-state index contributed by atoms with van der Waals surface area (Å²) in [7, 11) is 0.